The zero-order valence-electron chi connectivity index (χ0n) is 18.3. The molecule has 3 aromatic rings. The Kier molecular flexibility index (Phi) is 6.47. The van der Waals surface area contributed by atoms with Gasteiger partial charge in [-0.2, -0.15) is 0 Å². The topological polar surface area (TPSA) is 70.8 Å². The second-order valence-electron chi connectivity index (χ2n) is 7.69. The molecule has 0 bridgehead atoms. The van der Waals surface area contributed by atoms with Crippen molar-refractivity contribution in [3.05, 3.63) is 71.4 Å². The molecule has 0 atom stereocenters. The van der Waals surface area contributed by atoms with E-state index < -0.39 is 23.4 Å². The van der Waals surface area contributed by atoms with Gasteiger partial charge in [-0.25, -0.2) is 0 Å². The monoisotopic (exact) mass is 469 g/mol. The number of halogens is 3. The van der Waals surface area contributed by atoms with Crippen molar-refractivity contribution in [2.45, 2.75) is 19.1 Å². The zero-order chi connectivity index (χ0) is 24.5. The summed E-state index contributed by atoms with van der Waals surface area (Å²) in [6.07, 6.45) is -4.34. The van der Waals surface area contributed by atoms with Gasteiger partial charge in [-0.1, -0.05) is 0 Å². The number of rotatable bonds is 7. The van der Waals surface area contributed by atoms with E-state index in [0.29, 0.717) is 6.42 Å². The van der Waals surface area contributed by atoms with E-state index in [1.165, 1.54) is 32.6 Å². The fourth-order valence-electron chi connectivity index (χ4n) is 3.71. The van der Waals surface area contributed by atoms with Crippen molar-refractivity contribution in [3.8, 4) is 11.8 Å². The first-order valence-electron chi connectivity index (χ1n) is 10.5. The molecule has 4 rings (SSSR count). The molecule has 0 saturated carbocycles. The fraction of sp³-hybridized carbons (Fsp3) is 0.261. The van der Waals surface area contributed by atoms with Crippen LogP contribution in [0.1, 0.15) is 28.0 Å². The normalized spacial score (nSPS) is 13.9. The molecule has 1 aromatic heterocycles. The van der Waals surface area contributed by atoms with Crippen molar-refractivity contribution in [1.82, 2.24) is 14.5 Å². The van der Waals surface area contributed by atoms with Crippen LogP contribution >= 0.6 is 0 Å². The third-order valence-electron chi connectivity index (χ3n) is 5.42. The van der Waals surface area contributed by atoms with Gasteiger partial charge in [-0.15, -0.1) is 0 Å². The van der Waals surface area contributed by atoms with Crippen molar-refractivity contribution < 1.29 is 27.8 Å². The van der Waals surface area contributed by atoms with Crippen LogP contribution in [0.15, 0.2) is 54.6 Å². The first-order valence-corrected chi connectivity index (χ1v) is 10.5. The van der Waals surface area contributed by atoms with Gasteiger partial charge in [0.05, 0.1) is 0 Å². The van der Waals surface area contributed by atoms with Gasteiger partial charge in [0.2, 0.25) is 0 Å². The maximum absolute atomic E-state index is 13.6. The van der Waals surface area contributed by atoms with Crippen molar-refractivity contribution in [3.63, 3.8) is 0 Å². The molecule has 0 saturated heterocycles. The summed E-state index contributed by atoms with van der Waals surface area (Å²) < 4.78 is 47.8. The predicted octanol–water partition coefficient (Wildman–Crippen LogP) is 3.27. The van der Waals surface area contributed by atoms with E-state index in [4.69, 9.17) is 12.2 Å². The Balaban J connectivity index is 1.84. The number of para-hydroxylation sites is 1. The Hall–Kier alpha value is -3.60. The summed E-state index contributed by atoms with van der Waals surface area (Å²) >= 11 is 0. The molecule has 175 valence electrons. The van der Waals surface area contributed by atoms with Gasteiger partial charge in [-0.3, -0.25) is 0 Å². The molecule has 7 nitrogen and oxygen atoms in total. The van der Waals surface area contributed by atoms with Gasteiger partial charge in [0.25, 0.3) is 0 Å². The number of fused-ring (bicyclic) bond motifs is 1. The minimum absolute atomic E-state index is 0.0950. The molecule has 0 spiro atoms. The molecule has 1 aliphatic rings. The van der Waals surface area contributed by atoms with Crippen molar-refractivity contribution >= 4 is 24.9 Å². The van der Waals surface area contributed by atoms with Gasteiger partial charge in [0.1, 0.15) is 0 Å². The van der Waals surface area contributed by atoms with E-state index in [0.717, 1.165) is 11.6 Å². The van der Waals surface area contributed by atoms with Crippen LogP contribution in [0.4, 0.5) is 19.0 Å². The number of nitrogens with zero attached hydrogens (tertiary/aromatic N) is 4. The number of aliphatic hydroxyl groups is 1. The number of aliphatic hydroxyl groups excluding tert-OH is 1. The number of alkyl halides is 3. The molecular weight excluding hydrogens is 448 g/mol. The van der Waals surface area contributed by atoms with Crippen molar-refractivity contribution in [2.75, 3.05) is 25.1 Å². The average molecular weight is 469 g/mol. The second kappa shape index (κ2) is 9.34. The van der Waals surface area contributed by atoms with Crippen LogP contribution in [0.3, 0.4) is 0 Å². The van der Waals surface area contributed by atoms with E-state index >= 15 is 0 Å². The van der Waals surface area contributed by atoms with Gasteiger partial charge >= 0.3 is 195 Å². The summed E-state index contributed by atoms with van der Waals surface area (Å²) in [6, 6.07) is 13.7. The van der Waals surface area contributed by atoms with E-state index in [-0.39, 0.29) is 42.9 Å². The molecule has 1 aliphatic heterocycles. The Morgan fingerprint density at radius 1 is 1.09 bits per heavy atom. The molecule has 1 radical (unpaired) electrons. The number of aromatic nitrogens is 2. The van der Waals surface area contributed by atoms with Crippen molar-refractivity contribution in [1.29, 1.82) is 0 Å². The summed E-state index contributed by atoms with van der Waals surface area (Å²) in [5.41, 5.74) is 0.0460. The molecule has 2 aromatic carbocycles. The first kappa shape index (κ1) is 23.6. The minimum atomic E-state index is -4.64. The summed E-state index contributed by atoms with van der Waals surface area (Å²) in [5, 5.41) is 9.21. The molecular formula is C23H21BF3N4O3. The number of hydrogen-bond acceptors (Lipinski definition) is 5. The summed E-state index contributed by atoms with van der Waals surface area (Å²) in [7, 11) is 7.74. The molecule has 1 amide bonds. The summed E-state index contributed by atoms with van der Waals surface area (Å²) in [6.45, 7) is 0.147. The standard InChI is InChI=1S/C23H21BF3N4O3/c1-29-19-18(20(33)30(21(29)24)12-7-13-32)31(14-15-8-3-2-4-9-15)22(28-19)34-17-11-6-5-10-16(17)23(25,26)27/h2-6,8-11,32H,7,12-14H2,1H3. The quantitative estimate of drug-likeness (QED) is 0.538. The Labute approximate surface area is 195 Å². The summed E-state index contributed by atoms with van der Waals surface area (Å²) in [5.74, 6) is -0.754. The Morgan fingerprint density at radius 2 is 1.76 bits per heavy atom. The number of benzene rings is 2. The SMILES string of the molecule is [B]=C1N(CCCO)C(=O)c2c(nc(Oc3ccccc3C(F)(F)F)n2Cc2ccccc2)N1C. The van der Waals surface area contributed by atoms with E-state index in [9.17, 15) is 23.1 Å². The predicted molar refractivity (Wildman–Crippen MR) is 121 cm³/mol. The first-order chi connectivity index (χ1) is 16.2. The molecule has 11 heteroatoms. The van der Waals surface area contributed by atoms with E-state index in [1.807, 2.05) is 30.3 Å². The zero-order valence-corrected chi connectivity index (χ0v) is 18.3. The third-order valence-corrected chi connectivity index (χ3v) is 5.42. The number of carbonyl (C=O) groups is 1. The van der Waals surface area contributed by atoms with Crippen LogP contribution < -0.4 is 9.64 Å². The number of carbonyl (C=O) groups excluding carboxylic acids is 1. The molecule has 0 fully saturated rings. The fourth-order valence-corrected chi connectivity index (χ4v) is 3.71. The molecule has 34 heavy (non-hydrogen) atoms. The number of imidazole rings is 1. The van der Waals surface area contributed by atoms with Crippen LogP contribution in [0.25, 0.3) is 0 Å². The number of hydrogen-bond donors (Lipinski definition) is 1. The Morgan fingerprint density at radius 3 is 2.44 bits per heavy atom. The molecule has 2 heterocycles. The van der Waals surface area contributed by atoms with Crippen LogP contribution in [0.2, 0.25) is 0 Å². The molecule has 0 unspecified atom stereocenters. The average Bonchev–Trinajstić information content (AvgIpc) is 3.16. The maximum atomic E-state index is 13.6. The summed E-state index contributed by atoms with van der Waals surface area (Å²) in [4.78, 5) is 20.5. The van der Waals surface area contributed by atoms with Gasteiger partial charge in [0.15, 0.2) is 0 Å². The van der Waals surface area contributed by atoms with Crippen LogP contribution in [0, 0.1) is 0 Å². The van der Waals surface area contributed by atoms with Crippen LogP contribution in [-0.4, -0.2) is 58.9 Å². The van der Waals surface area contributed by atoms with Gasteiger partial charge in [-0.05, 0) is 0 Å². The second-order valence-corrected chi connectivity index (χ2v) is 7.69. The van der Waals surface area contributed by atoms with Crippen molar-refractivity contribution in [2.24, 2.45) is 0 Å². The van der Waals surface area contributed by atoms with Crippen LogP contribution in [0.5, 0.6) is 11.8 Å². The molecule has 1 N–H and O–H groups in total. The molecule has 0 aliphatic carbocycles. The van der Waals surface area contributed by atoms with Gasteiger partial charge < -0.3 is 0 Å². The van der Waals surface area contributed by atoms with E-state index in [2.05, 4.69) is 4.98 Å². The Bertz CT molecular complexity index is 1210. The number of ether oxygens (including phenoxy) is 1. The van der Waals surface area contributed by atoms with E-state index in [1.54, 1.807) is 7.05 Å². The number of anilines is 1. The third kappa shape index (κ3) is 4.43. The van der Waals surface area contributed by atoms with Gasteiger partial charge in [0, 0.05) is 0 Å². The van der Waals surface area contributed by atoms with Crippen LogP contribution in [-0.2, 0) is 12.7 Å². The number of amides is 1.